The standard InChI is InChI=1S/C24H28ClN3O2/c25-21-9-5-18(6-10-21)16-28-17-20-8-7-19(15-22(20)24(28)30)23(29)26-11-4-14-27-12-2-1-3-13-27/h5-10,15,17,30H,1-4,11-14,16H2,(H,26,29). The first-order valence-corrected chi connectivity index (χ1v) is 11.0. The highest BCUT2D eigenvalue weighted by atomic mass is 35.5. The Kier molecular flexibility index (Phi) is 6.60. The van der Waals surface area contributed by atoms with Crippen LogP contribution >= 0.6 is 11.6 Å². The van der Waals surface area contributed by atoms with Gasteiger partial charge in [0.2, 0.25) is 0 Å². The van der Waals surface area contributed by atoms with Crippen molar-refractivity contribution in [3.63, 3.8) is 0 Å². The Balaban J connectivity index is 1.37. The molecule has 158 valence electrons. The highest BCUT2D eigenvalue weighted by Gasteiger charge is 2.13. The van der Waals surface area contributed by atoms with E-state index in [4.69, 9.17) is 11.6 Å². The topological polar surface area (TPSA) is 57.5 Å². The quantitative estimate of drug-likeness (QED) is 0.541. The smallest absolute Gasteiger partial charge is 0.251 e. The third kappa shape index (κ3) is 4.97. The number of nitrogens with one attached hydrogen (secondary N) is 1. The molecule has 1 fully saturated rings. The van der Waals surface area contributed by atoms with Crippen LogP contribution in [0.25, 0.3) is 10.8 Å². The predicted molar refractivity (Wildman–Crippen MR) is 121 cm³/mol. The van der Waals surface area contributed by atoms with Gasteiger partial charge in [-0.05, 0) is 68.7 Å². The molecule has 0 aliphatic carbocycles. The van der Waals surface area contributed by atoms with Crippen molar-refractivity contribution in [2.75, 3.05) is 26.2 Å². The summed E-state index contributed by atoms with van der Waals surface area (Å²) in [5.41, 5.74) is 1.61. The van der Waals surface area contributed by atoms with Gasteiger partial charge >= 0.3 is 0 Å². The number of rotatable bonds is 7. The van der Waals surface area contributed by atoms with Gasteiger partial charge in [0.25, 0.3) is 5.91 Å². The first kappa shape index (κ1) is 20.8. The van der Waals surface area contributed by atoms with Gasteiger partial charge in [-0.2, -0.15) is 0 Å². The lowest BCUT2D eigenvalue weighted by Crippen LogP contribution is -2.33. The van der Waals surface area contributed by atoms with Gasteiger partial charge in [0, 0.05) is 34.1 Å². The zero-order chi connectivity index (χ0) is 20.9. The van der Waals surface area contributed by atoms with Crippen LogP contribution in [0.15, 0.2) is 48.7 Å². The summed E-state index contributed by atoms with van der Waals surface area (Å²) in [7, 11) is 0. The molecule has 1 aromatic heterocycles. The van der Waals surface area contributed by atoms with E-state index >= 15 is 0 Å². The molecule has 1 aliphatic heterocycles. The summed E-state index contributed by atoms with van der Waals surface area (Å²) < 4.78 is 1.79. The van der Waals surface area contributed by atoms with Crippen LogP contribution in [0.3, 0.4) is 0 Å². The van der Waals surface area contributed by atoms with Gasteiger partial charge < -0.3 is 19.9 Å². The minimum absolute atomic E-state index is 0.0969. The number of hydrogen-bond donors (Lipinski definition) is 2. The number of benzene rings is 2. The van der Waals surface area contributed by atoms with E-state index < -0.39 is 0 Å². The molecule has 0 bridgehead atoms. The van der Waals surface area contributed by atoms with Gasteiger partial charge in [0.1, 0.15) is 0 Å². The Morgan fingerprint density at radius 2 is 1.83 bits per heavy atom. The first-order valence-electron chi connectivity index (χ1n) is 10.7. The largest absolute Gasteiger partial charge is 0.494 e. The van der Waals surface area contributed by atoms with Crippen molar-refractivity contribution in [3.8, 4) is 5.88 Å². The van der Waals surface area contributed by atoms with E-state index in [1.807, 2.05) is 42.6 Å². The zero-order valence-electron chi connectivity index (χ0n) is 17.1. The molecule has 0 atom stereocenters. The minimum Gasteiger partial charge on any atom is -0.494 e. The van der Waals surface area contributed by atoms with Gasteiger partial charge in [0.05, 0.1) is 6.54 Å². The van der Waals surface area contributed by atoms with Crippen LogP contribution in [0.4, 0.5) is 0 Å². The summed E-state index contributed by atoms with van der Waals surface area (Å²) in [6.45, 7) is 4.59. The third-order valence-corrected chi connectivity index (χ3v) is 6.03. The van der Waals surface area contributed by atoms with Gasteiger partial charge in [-0.3, -0.25) is 4.79 Å². The summed E-state index contributed by atoms with van der Waals surface area (Å²) in [5.74, 6) is 0.0695. The maximum atomic E-state index is 12.6. The zero-order valence-corrected chi connectivity index (χ0v) is 17.9. The average Bonchev–Trinajstić information content (AvgIpc) is 3.08. The van der Waals surface area contributed by atoms with E-state index in [0.717, 1.165) is 23.9 Å². The van der Waals surface area contributed by atoms with E-state index in [9.17, 15) is 9.90 Å². The Morgan fingerprint density at radius 1 is 1.07 bits per heavy atom. The van der Waals surface area contributed by atoms with Gasteiger partial charge in [-0.15, -0.1) is 0 Å². The summed E-state index contributed by atoms with van der Waals surface area (Å²) >= 11 is 5.95. The van der Waals surface area contributed by atoms with Crippen molar-refractivity contribution in [2.45, 2.75) is 32.2 Å². The molecule has 5 nitrogen and oxygen atoms in total. The Hall–Kier alpha value is -2.50. The maximum absolute atomic E-state index is 12.6. The Bertz CT molecular complexity index is 1010. The number of hydrogen-bond acceptors (Lipinski definition) is 3. The van der Waals surface area contributed by atoms with Crippen molar-refractivity contribution in [1.82, 2.24) is 14.8 Å². The van der Waals surface area contributed by atoms with Crippen molar-refractivity contribution in [1.29, 1.82) is 0 Å². The van der Waals surface area contributed by atoms with Gasteiger partial charge in [-0.25, -0.2) is 0 Å². The lowest BCUT2D eigenvalue weighted by Gasteiger charge is -2.26. The Labute approximate surface area is 182 Å². The van der Waals surface area contributed by atoms with Crippen LogP contribution in [0, 0.1) is 0 Å². The number of amides is 1. The summed E-state index contributed by atoms with van der Waals surface area (Å²) in [6, 6.07) is 13.0. The monoisotopic (exact) mass is 425 g/mol. The van der Waals surface area contributed by atoms with E-state index in [-0.39, 0.29) is 11.8 Å². The first-order chi connectivity index (χ1) is 14.6. The third-order valence-electron chi connectivity index (χ3n) is 5.77. The fraction of sp³-hybridized carbons (Fsp3) is 0.375. The van der Waals surface area contributed by atoms with Gasteiger partial charge in [0.15, 0.2) is 5.88 Å². The van der Waals surface area contributed by atoms with Crippen molar-refractivity contribution in [3.05, 3.63) is 64.8 Å². The summed E-state index contributed by atoms with van der Waals surface area (Å²) in [5, 5.41) is 16.0. The second kappa shape index (κ2) is 9.54. The molecule has 0 unspecified atom stereocenters. The fourth-order valence-corrected chi connectivity index (χ4v) is 4.21. The molecule has 1 aliphatic rings. The number of likely N-dealkylation sites (tertiary alicyclic amines) is 1. The van der Waals surface area contributed by atoms with Crippen molar-refractivity contribution >= 4 is 28.3 Å². The molecule has 6 heteroatoms. The van der Waals surface area contributed by atoms with E-state index in [2.05, 4.69) is 10.2 Å². The molecule has 3 aromatic rings. The van der Waals surface area contributed by atoms with Crippen LogP contribution in [0.1, 0.15) is 41.6 Å². The van der Waals surface area contributed by atoms with Crippen molar-refractivity contribution < 1.29 is 9.90 Å². The number of fused-ring (bicyclic) bond motifs is 1. The molecule has 0 spiro atoms. The number of aromatic hydroxyl groups is 1. The molecule has 1 amide bonds. The molecular formula is C24H28ClN3O2. The molecular weight excluding hydrogens is 398 g/mol. The van der Waals surface area contributed by atoms with Crippen LogP contribution in [-0.4, -0.2) is 46.7 Å². The number of nitrogens with zero attached hydrogens (tertiary/aromatic N) is 2. The molecule has 0 saturated carbocycles. The normalized spacial score (nSPS) is 14.8. The maximum Gasteiger partial charge on any atom is 0.251 e. The molecule has 2 N–H and O–H groups in total. The molecule has 2 aromatic carbocycles. The lowest BCUT2D eigenvalue weighted by molar-refractivity contribution is 0.0951. The van der Waals surface area contributed by atoms with E-state index in [1.54, 1.807) is 10.6 Å². The summed E-state index contributed by atoms with van der Waals surface area (Å²) in [4.78, 5) is 15.0. The van der Waals surface area contributed by atoms with Crippen LogP contribution in [-0.2, 0) is 6.54 Å². The molecule has 2 heterocycles. The predicted octanol–water partition coefficient (Wildman–Crippen LogP) is 4.65. The highest BCUT2D eigenvalue weighted by molar-refractivity contribution is 6.30. The summed E-state index contributed by atoms with van der Waals surface area (Å²) in [6.07, 6.45) is 6.77. The van der Waals surface area contributed by atoms with Crippen LogP contribution in [0.5, 0.6) is 5.88 Å². The number of carbonyl (C=O) groups is 1. The number of halogens is 1. The number of piperidine rings is 1. The Morgan fingerprint density at radius 3 is 2.60 bits per heavy atom. The molecule has 4 rings (SSSR count). The average molecular weight is 426 g/mol. The van der Waals surface area contributed by atoms with Crippen LogP contribution < -0.4 is 5.32 Å². The second-order valence-corrected chi connectivity index (χ2v) is 8.46. The minimum atomic E-state index is -0.0969. The van der Waals surface area contributed by atoms with Gasteiger partial charge in [-0.1, -0.05) is 36.2 Å². The fourth-order valence-electron chi connectivity index (χ4n) is 4.08. The molecule has 0 radical (unpaired) electrons. The number of aromatic nitrogens is 1. The highest BCUT2D eigenvalue weighted by Crippen LogP contribution is 2.29. The number of carbonyl (C=O) groups excluding carboxylic acids is 1. The SMILES string of the molecule is O=C(NCCCN1CCCCC1)c1ccc2cn(Cc3ccc(Cl)cc3)c(O)c2c1. The molecule has 30 heavy (non-hydrogen) atoms. The molecule has 1 saturated heterocycles. The lowest BCUT2D eigenvalue weighted by atomic mass is 10.1. The second-order valence-electron chi connectivity index (χ2n) is 8.02. The van der Waals surface area contributed by atoms with E-state index in [1.165, 1.54) is 32.4 Å². The van der Waals surface area contributed by atoms with E-state index in [0.29, 0.717) is 29.1 Å². The van der Waals surface area contributed by atoms with Crippen molar-refractivity contribution in [2.24, 2.45) is 0 Å². The van der Waals surface area contributed by atoms with Crippen LogP contribution in [0.2, 0.25) is 5.02 Å².